The summed E-state index contributed by atoms with van der Waals surface area (Å²) in [7, 11) is 1.70. The van der Waals surface area contributed by atoms with Gasteiger partial charge in [0.15, 0.2) is 0 Å². The highest BCUT2D eigenvalue weighted by Gasteiger charge is 2.32. The van der Waals surface area contributed by atoms with Gasteiger partial charge in [0.1, 0.15) is 5.75 Å². The van der Waals surface area contributed by atoms with E-state index in [4.69, 9.17) is 9.84 Å². The summed E-state index contributed by atoms with van der Waals surface area (Å²) in [5.74, 6) is 1.53. The molecule has 2 fully saturated rings. The van der Waals surface area contributed by atoms with E-state index >= 15 is 0 Å². The van der Waals surface area contributed by atoms with Crippen molar-refractivity contribution >= 4 is 5.69 Å². The van der Waals surface area contributed by atoms with Crippen LogP contribution in [0.4, 0.5) is 5.69 Å². The monoisotopic (exact) mass is 298 g/mol. The molecule has 1 aromatic carbocycles. The Bertz CT molecular complexity index is 656. The maximum Gasteiger partial charge on any atom is 0.121 e. The zero-order chi connectivity index (χ0) is 14.9. The quantitative estimate of drug-likeness (QED) is 0.939. The molecule has 1 aromatic heterocycles. The summed E-state index contributed by atoms with van der Waals surface area (Å²) in [4.78, 5) is 2.47. The number of hydrogen-bond acceptors (Lipinski definition) is 4. The van der Waals surface area contributed by atoms with Gasteiger partial charge in [0.05, 0.1) is 30.4 Å². The van der Waals surface area contributed by atoms with Crippen LogP contribution in [0.25, 0.3) is 5.69 Å². The molecule has 0 radical (unpaired) electrons. The van der Waals surface area contributed by atoms with Gasteiger partial charge in [-0.15, -0.1) is 0 Å². The van der Waals surface area contributed by atoms with Crippen molar-refractivity contribution < 1.29 is 4.74 Å². The van der Waals surface area contributed by atoms with Gasteiger partial charge in [-0.3, -0.25) is 0 Å². The van der Waals surface area contributed by atoms with Crippen LogP contribution >= 0.6 is 0 Å². The Morgan fingerprint density at radius 1 is 1.23 bits per heavy atom. The van der Waals surface area contributed by atoms with Gasteiger partial charge in [-0.05, 0) is 25.0 Å². The van der Waals surface area contributed by atoms with E-state index in [-0.39, 0.29) is 0 Å². The molecule has 1 saturated carbocycles. The first-order chi connectivity index (χ1) is 10.9. The summed E-state index contributed by atoms with van der Waals surface area (Å²) >= 11 is 0. The molecule has 2 heterocycles. The lowest BCUT2D eigenvalue weighted by molar-refractivity contribution is 0.414. The van der Waals surface area contributed by atoms with E-state index in [0.717, 1.165) is 37.6 Å². The number of nitrogens with zero attached hydrogens (tertiary/aromatic N) is 3. The minimum Gasteiger partial charge on any atom is -0.497 e. The average molecular weight is 298 g/mol. The number of anilines is 1. The first-order valence-corrected chi connectivity index (χ1v) is 8.05. The van der Waals surface area contributed by atoms with Crippen LogP contribution in [0.1, 0.15) is 24.5 Å². The number of rotatable bonds is 4. The largest absolute Gasteiger partial charge is 0.497 e. The third kappa shape index (κ3) is 2.46. The van der Waals surface area contributed by atoms with E-state index in [1.807, 2.05) is 18.3 Å². The lowest BCUT2D eigenvalue weighted by Crippen LogP contribution is -2.43. The normalized spacial score (nSPS) is 18.5. The highest BCUT2D eigenvalue weighted by molar-refractivity contribution is 5.56. The van der Waals surface area contributed by atoms with Crippen LogP contribution in [0.3, 0.4) is 0 Å². The number of nitrogens with one attached hydrogen (secondary N) is 1. The van der Waals surface area contributed by atoms with Crippen LogP contribution in [-0.2, 0) is 0 Å². The van der Waals surface area contributed by atoms with Crippen molar-refractivity contribution in [2.75, 3.05) is 38.2 Å². The highest BCUT2D eigenvalue weighted by atomic mass is 16.5. The minimum atomic E-state index is 0.651. The molecule has 22 heavy (non-hydrogen) atoms. The van der Waals surface area contributed by atoms with Gasteiger partial charge in [-0.25, -0.2) is 4.68 Å². The predicted molar refractivity (Wildman–Crippen MR) is 87.2 cm³/mol. The number of methoxy groups -OCH3 is 1. The summed E-state index contributed by atoms with van der Waals surface area (Å²) < 4.78 is 7.46. The highest BCUT2D eigenvalue weighted by Crippen LogP contribution is 2.45. The molecule has 2 aromatic rings. The second kappa shape index (κ2) is 5.65. The average Bonchev–Trinajstić information content (AvgIpc) is 3.33. The van der Waals surface area contributed by atoms with Gasteiger partial charge < -0.3 is 15.0 Å². The molecule has 0 atom stereocenters. The number of benzene rings is 1. The number of aromatic nitrogens is 2. The van der Waals surface area contributed by atoms with E-state index < -0.39 is 0 Å². The smallest absolute Gasteiger partial charge is 0.121 e. The lowest BCUT2D eigenvalue weighted by atomic mass is 10.2. The van der Waals surface area contributed by atoms with Crippen LogP contribution in [-0.4, -0.2) is 43.1 Å². The summed E-state index contributed by atoms with van der Waals surface area (Å²) in [6, 6.07) is 8.15. The molecule has 0 bridgehead atoms. The minimum absolute atomic E-state index is 0.651. The molecule has 0 amide bonds. The Balaban J connectivity index is 1.74. The van der Waals surface area contributed by atoms with E-state index in [9.17, 15) is 0 Å². The van der Waals surface area contributed by atoms with Gasteiger partial charge >= 0.3 is 0 Å². The maximum absolute atomic E-state index is 5.36. The van der Waals surface area contributed by atoms with Crippen LogP contribution in [0.15, 0.2) is 30.5 Å². The zero-order valence-electron chi connectivity index (χ0n) is 13.0. The third-order valence-electron chi connectivity index (χ3n) is 4.51. The molecule has 4 rings (SSSR count). The second-order valence-electron chi connectivity index (χ2n) is 6.04. The fourth-order valence-corrected chi connectivity index (χ4v) is 3.19. The van der Waals surface area contributed by atoms with Gasteiger partial charge in [0.2, 0.25) is 0 Å². The Labute approximate surface area is 130 Å². The molecule has 5 heteroatoms. The SMILES string of the molecule is COc1cccc(-n2ncc(N3CCNCC3)c2C2CC2)c1. The molecule has 1 saturated heterocycles. The summed E-state index contributed by atoms with van der Waals surface area (Å²) in [5, 5.41) is 8.11. The number of ether oxygens (including phenoxy) is 1. The van der Waals surface area contributed by atoms with Gasteiger partial charge in [-0.1, -0.05) is 6.07 Å². The molecular formula is C17H22N4O. The van der Waals surface area contributed by atoms with Crippen LogP contribution in [0.5, 0.6) is 5.75 Å². The summed E-state index contributed by atoms with van der Waals surface area (Å²) in [6.07, 6.45) is 4.59. The molecular weight excluding hydrogens is 276 g/mol. The zero-order valence-corrected chi connectivity index (χ0v) is 13.0. The second-order valence-corrected chi connectivity index (χ2v) is 6.04. The van der Waals surface area contributed by atoms with Gasteiger partial charge in [0.25, 0.3) is 0 Å². The Morgan fingerprint density at radius 2 is 2.05 bits per heavy atom. The molecule has 0 spiro atoms. The molecule has 1 aliphatic carbocycles. The van der Waals surface area contributed by atoms with Crippen LogP contribution in [0.2, 0.25) is 0 Å². The van der Waals surface area contributed by atoms with Crippen molar-refractivity contribution in [3.63, 3.8) is 0 Å². The Kier molecular flexibility index (Phi) is 3.50. The Morgan fingerprint density at radius 3 is 2.77 bits per heavy atom. The summed E-state index contributed by atoms with van der Waals surface area (Å²) in [6.45, 7) is 4.22. The predicted octanol–water partition coefficient (Wildman–Crippen LogP) is 2.17. The fourth-order valence-electron chi connectivity index (χ4n) is 3.19. The molecule has 5 nitrogen and oxygen atoms in total. The van der Waals surface area contributed by atoms with Crippen molar-refractivity contribution in [2.24, 2.45) is 0 Å². The van der Waals surface area contributed by atoms with E-state index in [1.165, 1.54) is 24.2 Å². The third-order valence-corrected chi connectivity index (χ3v) is 4.51. The molecule has 0 unspecified atom stereocenters. The lowest BCUT2D eigenvalue weighted by Gasteiger charge is -2.29. The Hall–Kier alpha value is -2.01. The first kappa shape index (κ1) is 13.6. The molecule has 1 N–H and O–H groups in total. The first-order valence-electron chi connectivity index (χ1n) is 8.05. The van der Waals surface area contributed by atoms with Crippen LogP contribution in [0, 0.1) is 0 Å². The van der Waals surface area contributed by atoms with Crippen molar-refractivity contribution in [1.29, 1.82) is 0 Å². The number of hydrogen-bond donors (Lipinski definition) is 1. The van der Waals surface area contributed by atoms with E-state index in [2.05, 4.69) is 27.0 Å². The molecule has 116 valence electrons. The van der Waals surface area contributed by atoms with Crippen LogP contribution < -0.4 is 15.0 Å². The molecule has 1 aliphatic heterocycles. The van der Waals surface area contributed by atoms with E-state index in [1.54, 1.807) is 7.11 Å². The standard InChI is InChI=1S/C17H22N4O/c1-22-15-4-2-3-14(11-15)21-17(13-5-6-13)16(12-19-21)20-9-7-18-8-10-20/h2-4,11-13,18H,5-10H2,1H3. The molecule has 2 aliphatic rings. The topological polar surface area (TPSA) is 42.3 Å². The van der Waals surface area contributed by atoms with Crippen molar-refractivity contribution in [1.82, 2.24) is 15.1 Å². The fraction of sp³-hybridized carbons (Fsp3) is 0.471. The number of piperazine rings is 1. The van der Waals surface area contributed by atoms with E-state index in [0.29, 0.717) is 5.92 Å². The van der Waals surface area contributed by atoms with Crippen molar-refractivity contribution in [3.05, 3.63) is 36.2 Å². The maximum atomic E-state index is 5.36. The van der Waals surface area contributed by atoms with Gasteiger partial charge in [0, 0.05) is 38.2 Å². The van der Waals surface area contributed by atoms with Gasteiger partial charge in [-0.2, -0.15) is 5.10 Å². The van der Waals surface area contributed by atoms with Crippen molar-refractivity contribution in [2.45, 2.75) is 18.8 Å². The summed E-state index contributed by atoms with van der Waals surface area (Å²) in [5.41, 5.74) is 3.77. The van der Waals surface area contributed by atoms with Crippen molar-refractivity contribution in [3.8, 4) is 11.4 Å².